The summed E-state index contributed by atoms with van der Waals surface area (Å²) in [7, 11) is 0. The lowest BCUT2D eigenvalue weighted by Gasteiger charge is -2.20. The highest BCUT2D eigenvalue weighted by Gasteiger charge is 2.43. The first-order chi connectivity index (χ1) is 9.13. The summed E-state index contributed by atoms with van der Waals surface area (Å²) in [4.78, 5) is 26.6. The highest BCUT2D eigenvalue weighted by Crippen LogP contribution is 2.48. The van der Waals surface area contributed by atoms with Gasteiger partial charge in [-0.25, -0.2) is 0 Å². The summed E-state index contributed by atoms with van der Waals surface area (Å²) >= 11 is 3.26. The fourth-order valence-electron chi connectivity index (χ4n) is 3.34. The van der Waals surface area contributed by atoms with Gasteiger partial charge >= 0.3 is 0 Å². The Morgan fingerprint density at radius 3 is 2.68 bits per heavy atom. The summed E-state index contributed by atoms with van der Waals surface area (Å²) in [5, 5.41) is 0. The normalized spacial score (nSPS) is 28.4. The highest BCUT2D eigenvalue weighted by molar-refractivity contribution is 9.10. The van der Waals surface area contributed by atoms with Gasteiger partial charge in [-0.1, -0.05) is 6.42 Å². The van der Waals surface area contributed by atoms with Crippen LogP contribution >= 0.6 is 15.9 Å². The molecular weight excluding hydrogens is 310 g/mol. The number of hydrogen-bond acceptors (Lipinski definition) is 2. The van der Waals surface area contributed by atoms with E-state index in [0.29, 0.717) is 11.6 Å². The Bertz CT molecular complexity index is 514. The quantitative estimate of drug-likeness (QED) is 0.727. The van der Waals surface area contributed by atoms with Gasteiger partial charge in [0.2, 0.25) is 5.91 Å². The Balaban J connectivity index is 1.52. The van der Waals surface area contributed by atoms with Crippen LogP contribution in [0.3, 0.4) is 0 Å². The number of carbonyl (C=O) groups is 2. The van der Waals surface area contributed by atoms with Crippen LogP contribution in [0.15, 0.2) is 16.7 Å². The van der Waals surface area contributed by atoms with Gasteiger partial charge in [0, 0.05) is 16.6 Å². The zero-order valence-corrected chi connectivity index (χ0v) is 12.0. The third kappa shape index (κ3) is 2.54. The van der Waals surface area contributed by atoms with Gasteiger partial charge in [-0.15, -0.1) is 0 Å². The molecule has 3 atom stereocenters. The van der Waals surface area contributed by atoms with Crippen molar-refractivity contribution in [1.82, 2.24) is 15.8 Å². The van der Waals surface area contributed by atoms with Crippen molar-refractivity contribution in [2.45, 2.75) is 25.7 Å². The van der Waals surface area contributed by atoms with Crippen molar-refractivity contribution >= 4 is 27.7 Å². The average molecular weight is 326 g/mol. The maximum absolute atomic E-state index is 12.0. The molecule has 19 heavy (non-hydrogen) atoms. The molecule has 0 saturated heterocycles. The number of amides is 2. The van der Waals surface area contributed by atoms with Crippen molar-refractivity contribution in [2.24, 2.45) is 17.8 Å². The molecule has 6 heteroatoms. The highest BCUT2D eigenvalue weighted by atomic mass is 79.9. The first-order valence-electron chi connectivity index (χ1n) is 6.57. The van der Waals surface area contributed by atoms with Crippen molar-refractivity contribution in [1.29, 1.82) is 0 Å². The van der Waals surface area contributed by atoms with Crippen LogP contribution in [0, 0.1) is 17.8 Å². The molecule has 1 heterocycles. The lowest BCUT2D eigenvalue weighted by atomic mass is 9.88. The summed E-state index contributed by atoms with van der Waals surface area (Å²) in [5.74, 6) is 0.931. The van der Waals surface area contributed by atoms with Crippen molar-refractivity contribution in [3.05, 3.63) is 22.4 Å². The molecular formula is C13H16BrN3O2. The number of hydrogen-bond donors (Lipinski definition) is 3. The molecule has 2 amide bonds. The predicted octanol–water partition coefficient (Wildman–Crippen LogP) is 1.97. The molecule has 2 aliphatic carbocycles. The van der Waals surface area contributed by atoms with Crippen LogP contribution < -0.4 is 10.9 Å². The number of nitrogens with one attached hydrogen (secondary N) is 3. The number of fused-ring (bicyclic) bond motifs is 2. The number of halogens is 1. The maximum Gasteiger partial charge on any atom is 0.286 e. The van der Waals surface area contributed by atoms with Crippen molar-refractivity contribution in [3.8, 4) is 0 Å². The second kappa shape index (κ2) is 5.00. The maximum atomic E-state index is 12.0. The third-order valence-corrected chi connectivity index (χ3v) is 4.72. The molecule has 2 bridgehead atoms. The Hall–Kier alpha value is -1.30. The zero-order chi connectivity index (χ0) is 13.4. The molecule has 2 fully saturated rings. The molecule has 0 aromatic carbocycles. The van der Waals surface area contributed by atoms with Gasteiger partial charge in [-0.05, 0) is 53.1 Å². The molecule has 1 aromatic heterocycles. The summed E-state index contributed by atoms with van der Waals surface area (Å²) in [6.07, 6.45) is 6.24. The van der Waals surface area contributed by atoms with Crippen molar-refractivity contribution in [2.75, 3.05) is 0 Å². The van der Waals surface area contributed by atoms with E-state index in [1.54, 1.807) is 12.3 Å². The van der Waals surface area contributed by atoms with Crippen molar-refractivity contribution < 1.29 is 9.59 Å². The van der Waals surface area contributed by atoms with E-state index in [-0.39, 0.29) is 17.7 Å². The molecule has 3 rings (SSSR count). The average Bonchev–Trinajstić information content (AvgIpc) is 3.10. The fourth-order valence-corrected chi connectivity index (χ4v) is 3.69. The second-order valence-electron chi connectivity index (χ2n) is 5.46. The van der Waals surface area contributed by atoms with E-state index in [9.17, 15) is 9.59 Å². The van der Waals surface area contributed by atoms with Gasteiger partial charge in [0.25, 0.3) is 5.91 Å². The summed E-state index contributed by atoms with van der Waals surface area (Å²) in [6.45, 7) is 0. The van der Waals surface area contributed by atoms with Crippen LogP contribution in [0.25, 0.3) is 0 Å². The van der Waals surface area contributed by atoms with E-state index in [0.717, 1.165) is 23.2 Å². The lowest BCUT2D eigenvalue weighted by molar-refractivity contribution is -0.127. The van der Waals surface area contributed by atoms with Crippen LogP contribution in [0.2, 0.25) is 0 Å². The smallest absolute Gasteiger partial charge is 0.286 e. The number of rotatable bonds is 2. The summed E-state index contributed by atoms with van der Waals surface area (Å²) < 4.78 is 0.803. The third-order valence-electron chi connectivity index (χ3n) is 4.27. The van der Waals surface area contributed by atoms with Crippen LogP contribution in [-0.2, 0) is 4.79 Å². The standard InChI is InChI=1S/C13H16BrN3O2/c14-9-5-11(15-6-9)13(19)17-16-12(18)10-4-7-1-2-8(10)3-7/h5-8,10,15H,1-4H2,(H,16,18)(H,17,19). The number of hydrazine groups is 1. The number of carbonyl (C=O) groups excluding carboxylic acids is 2. The zero-order valence-electron chi connectivity index (χ0n) is 10.4. The van der Waals surface area contributed by atoms with Crippen LogP contribution in [0.4, 0.5) is 0 Å². The molecule has 102 valence electrons. The summed E-state index contributed by atoms with van der Waals surface area (Å²) in [6, 6.07) is 1.67. The molecule has 1 aromatic rings. The van der Waals surface area contributed by atoms with Crippen molar-refractivity contribution in [3.63, 3.8) is 0 Å². The Labute approximate surface area is 119 Å². The molecule has 3 N–H and O–H groups in total. The number of aromatic amines is 1. The van der Waals surface area contributed by atoms with Gasteiger partial charge in [-0.2, -0.15) is 0 Å². The van der Waals surface area contributed by atoms with E-state index >= 15 is 0 Å². The SMILES string of the molecule is O=C(NNC(=O)C1CC2CCC1C2)c1cc(Br)c[nH]1. The van der Waals surface area contributed by atoms with E-state index in [2.05, 4.69) is 31.8 Å². The van der Waals surface area contributed by atoms with Gasteiger partial charge in [0.05, 0.1) is 0 Å². The molecule has 0 spiro atoms. The molecule has 3 unspecified atom stereocenters. The fraction of sp³-hybridized carbons (Fsp3) is 0.538. The lowest BCUT2D eigenvalue weighted by Crippen LogP contribution is -2.45. The van der Waals surface area contributed by atoms with Gasteiger partial charge in [0.15, 0.2) is 0 Å². The molecule has 2 aliphatic rings. The Kier molecular flexibility index (Phi) is 3.35. The molecule has 0 radical (unpaired) electrons. The van der Waals surface area contributed by atoms with Crippen LogP contribution in [-0.4, -0.2) is 16.8 Å². The first kappa shape index (κ1) is 12.7. The second-order valence-corrected chi connectivity index (χ2v) is 6.37. The van der Waals surface area contributed by atoms with Crippen LogP contribution in [0.1, 0.15) is 36.2 Å². The molecule has 2 saturated carbocycles. The van der Waals surface area contributed by atoms with Gasteiger partial charge in [0.1, 0.15) is 5.69 Å². The van der Waals surface area contributed by atoms with E-state index in [4.69, 9.17) is 0 Å². The van der Waals surface area contributed by atoms with E-state index in [1.165, 1.54) is 12.8 Å². The van der Waals surface area contributed by atoms with Gasteiger partial charge in [-0.3, -0.25) is 20.4 Å². The predicted molar refractivity (Wildman–Crippen MR) is 73.0 cm³/mol. The van der Waals surface area contributed by atoms with Gasteiger partial charge < -0.3 is 4.98 Å². The minimum Gasteiger partial charge on any atom is -0.356 e. The Morgan fingerprint density at radius 1 is 1.26 bits per heavy atom. The number of aromatic nitrogens is 1. The van der Waals surface area contributed by atoms with E-state index < -0.39 is 0 Å². The summed E-state index contributed by atoms with van der Waals surface area (Å²) in [5.41, 5.74) is 5.42. The molecule has 5 nitrogen and oxygen atoms in total. The Morgan fingerprint density at radius 2 is 2.11 bits per heavy atom. The monoisotopic (exact) mass is 325 g/mol. The number of H-pyrrole nitrogens is 1. The minimum atomic E-state index is -0.331. The molecule has 0 aliphatic heterocycles. The van der Waals surface area contributed by atoms with E-state index in [1.807, 2.05) is 0 Å². The largest absolute Gasteiger partial charge is 0.356 e. The first-order valence-corrected chi connectivity index (χ1v) is 7.37. The topological polar surface area (TPSA) is 74.0 Å². The van der Waals surface area contributed by atoms with Crippen LogP contribution in [0.5, 0.6) is 0 Å². The minimum absolute atomic E-state index is 0.0498.